The van der Waals surface area contributed by atoms with Crippen molar-refractivity contribution >= 4 is 15.9 Å². The summed E-state index contributed by atoms with van der Waals surface area (Å²) in [6, 6.07) is 6.03. The first-order chi connectivity index (χ1) is 8.94. The van der Waals surface area contributed by atoms with E-state index in [1.165, 1.54) is 12.1 Å². The highest BCUT2D eigenvalue weighted by atomic mass is 79.9. The normalized spacial score (nSPS) is 11.9. The molecule has 0 aliphatic heterocycles. The van der Waals surface area contributed by atoms with Crippen LogP contribution in [0.5, 0.6) is 5.75 Å². The monoisotopic (exact) mass is 339 g/mol. The van der Waals surface area contributed by atoms with Gasteiger partial charge in [0.05, 0.1) is 0 Å². The highest BCUT2D eigenvalue weighted by molar-refractivity contribution is 9.09. The fourth-order valence-corrected chi connectivity index (χ4v) is 2.26. The van der Waals surface area contributed by atoms with Gasteiger partial charge in [0, 0.05) is 18.4 Å². The number of hydrogen-bond donors (Lipinski definition) is 0. The topological polar surface area (TPSA) is 12.5 Å². The molecule has 1 aromatic carbocycles. The third-order valence-electron chi connectivity index (χ3n) is 2.50. The maximum absolute atomic E-state index is 12.0. The molecule has 108 valence electrons. The van der Waals surface area contributed by atoms with E-state index in [0.717, 1.165) is 36.9 Å². The Hall–Kier alpha value is -0.750. The van der Waals surface area contributed by atoms with Crippen molar-refractivity contribution < 1.29 is 17.9 Å². The van der Waals surface area contributed by atoms with E-state index in [1.54, 1.807) is 12.1 Å². The lowest BCUT2D eigenvalue weighted by molar-refractivity contribution is -0.274. The molecule has 0 atom stereocenters. The number of halogens is 4. The molecule has 0 radical (unpaired) electrons. The van der Waals surface area contributed by atoms with Gasteiger partial charge in [-0.3, -0.25) is 4.90 Å². The summed E-state index contributed by atoms with van der Waals surface area (Å²) in [6.07, 6.45) is -3.59. The molecule has 0 N–H and O–H groups in total. The highest BCUT2D eigenvalue weighted by Crippen LogP contribution is 2.23. The van der Waals surface area contributed by atoms with Gasteiger partial charge >= 0.3 is 6.36 Å². The first kappa shape index (κ1) is 16.3. The first-order valence-corrected chi connectivity index (χ1v) is 7.19. The number of benzene rings is 1. The second-order valence-electron chi connectivity index (χ2n) is 4.16. The molecule has 0 bridgehead atoms. The van der Waals surface area contributed by atoms with Crippen molar-refractivity contribution in [2.75, 3.05) is 18.4 Å². The smallest absolute Gasteiger partial charge is 0.406 e. The van der Waals surface area contributed by atoms with Crippen molar-refractivity contribution in [3.8, 4) is 5.75 Å². The Bertz CT molecular complexity index is 361. The van der Waals surface area contributed by atoms with Gasteiger partial charge in [-0.2, -0.15) is 0 Å². The van der Waals surface area contributed by atoms with Crippen LogP contribution in [0, 0.1) is 0 Å². The lowest BCUT2D eigenvalue weighted by atomic mass is 10.2. The van der Waals surface area contributed by atoms with Crippen molar-refractivity contribution in [2.45, 2.75) is 26.3 Å². The zero-order valence-corrected chi connectivity index (χ0v) is 12.3. The Kier molecular flexibility index (Phi) is 6.65. The van der Waals surface area contributed by atoms with Gasteiger partial charge < -0.3 is 4.74 Å². The third-order valence-corrected chi connectivity index (χ3v) is 2.86. The summed E-state index contributed by atoms with van der Waals surface area (Å²) >= 11 is 3.39. The Morgan fingerprint density at radius 3 is 2.26 bits per heavy atom. The van der Waals surface area contributed by atoms with Gasteiger partial charge in [-0.05, 0) is 30.7 Å². The lowest BCUT2D eigenvalue weighted by Crippen LogP contribution is -2.26. The molecule has 1 rings (SSSR count). The van der Waals surface area contributed by atoms with E-state index in [1.807, 2.05) is 0 Å². The molecule has 0 aliphatic rings. The minimum absolute atomic E-state index is 0.182. The largest absolute Gasteiger partial charge is 0.573 e. The highest BCUT2D eigenvalue weighted by Gasteiger charge is 2.30. The van der Waals surface area contributed by atoms with Crippen LogP contribution in [-0.4, -0.2) is 29.7 Å². The molecule has 6 heteroatoms. The van der Waals surface area contributed by atoms with E-state index in [9.17, 15) is 13.2 Å². The van der Waals surface area contributed by atoms with Crippen LogP contribution in [0.4, 0.5) is 13.2 Å². The van der Waals surface area contributed by atoms with Crippen LogP contribution >= 0.6 is 15.9 Å². The number of hydrogen-bond acceptors (Lipinski definition) is 2. The molecule has 0 unspecified atom stereocenters. The third kappa shape index (κ3) is 6.82. The summed E-state index contributed by atoms with van der Waals surface area (Å²) in [5, 5.41) is 0.877. The molecule has 0 amide bonds. The number of ether oxygens (including phenoxy) is 1. The summed E-state index contributed by atoms with van der Waals surface area (Å²) in [5.74, 6) is -0.182. The predicted octanol–water partition coefficient (Wildman–Crippen LogP) is 4.19. The molecule has 19 heavy (non-hydrogen) atoms. The van der Waals surface area contributed by atoms with E-state index in [0.29, 0.717) is 0 Å². The van der Waals surface area contributed by atoms with Crippen molar-refractivity contribution in [1.82, 2.24) is 4.90 Å². The van der Waals surface area contributed by atoms with Gasteiger partial charge in [0.15, 0.2) is 0 Å². The second kappa shape index (κ2) is 7.75. The fraction of sp³-hybridized carbons (Fsp3) is 0.538. The maximum atomic E-state index is 12.0. The van der Waals surface area contributed by atoms with Crippen molar-refractivity contribution in [1.29, 1.82) is 0 Å². The number of nitrogens with zero attached hydrogens (tertiary/aromatic N) is 1. The second-order valence-corrected chi connectivity index (χ2v) is 4.95. The quantitative estimate of drug-likeness (QED) is 0.690. The number of rotatable bonds is 7. The maximum Gasteiger partial charge on any atom is 0.573 e. The molecule has 1 aromatic rings. The SMILES string of the molecule is CCCN(CCBr)Cc1ccc(OC(F)(F)F)cc1. The first-order valence-electron chi connectivity index (χ1n) is 6.07. The summed E-state index contributed by atoms with van der Waals surface area (Å²) in [6.45, 7) is 4.70. The van der Waals surface area contributed by atoms with Crippen molar-refractivity contribution in [3.63, 3.8) is 0 Å². The van der Waals surface area contributed by atoms with Crippen LogP contribution < -0.4 is 4.74 Å². The summed E-state index contributed by atoms with van der Waals surface area (Å²) in [4.78, 5) is 2.24. The minimum Gasteiger partial charge on any atom is -0.406 e. The molecule has 0 spiro atoms. The molecule has 0 heterocycles. The predicted molar refractivity (Wildman–Crippen MR) is 72.5 cm³/mol. The van der Waals surface area contributed by atoms with E-state index < -0.39 is 6.36 Å². The van der Waals surface area contributed by atoms with Gasteiger partial charge in [0.2, 0.25) is 0 Å². The van der Waals surface area contributed by atoms with E-state index in [4.69, 9.17) is 0 Å². The van der Waals surface area contributed by atoms with E-state index in [2.05, 4.69) is 32.5 Å². The zero-order chi connectivity index (χ0) is 14.3. The van der Waals surface area contributed by atoms with Gasteiger partial charge in [-0.1, -0.05) is 35.0 Å². The van der Waals surface area contributed by atoms with Crippen LogP contribution in [0.15, 0.2) is 24.3 Å². The van der Waals surface area contributed by atoms with Gasteiger partial charge in [0.25, 0.3) is 0 Å². The van der Waals surface area contributed by atoms with Crippen molar-refractivity contribution in [3.05, 3.63) is 29.8 Å². The Morgan fingerprint density at radius 1 is 1.16 bits per heavy atom. The van der Waals surface area contributed by atoms with Crippen LogP contribution in [0.2, 0.25) is 0 Å². The lowest BCUT2D eigenvalue weighted by Gasteiger charge is -2.20. The van der Waals surface area contributed by atoms with E-state index in [-0.39, 0.29) is 5.75 Å². The average Bonchev–Trinajstić information content (AvgIpc) is 2.30. The fourth-order valence-electron chi connectivity index (χ4n) is 1.76. The Morgan fingerprint density at radius 2 is 1.79 bits per heavy atom. The molecule has 0 saturated heterocycles. The minimum atomic E-state index is -4.63. The molecular weight excluding hydrogens is 323 g/mol. The van der Waals surface area contributed by atoms with Crippen LogP contribution in [-0.2, 0) is 6.54 Å². The molecule has 0 aliphatic carbocycles. The Balaban J connectivity index is 2.60. The molecular formula is C13H17BrF3NO. The van der Waals surface area contributed by atoms with Crippen LogP contribution in [0.1, 0.15) is 18.9 Å². The standard InChI is InChI=1S/C13H17BrF3NO/c1-2-8-18(9-7-14)10-11-3-5-12(6-4-11)19-13(15,16)17/h3-6H,2,7-10H2,1H3. The summed E-state index contributed by atoms with van der Waals surface area (Å²) in [7, 11) is 0. The van der Waals surface area contributed by atoms with Crippen LogP contribution in [0.25, 0.3) is 0 Å². The molecule has 2 nitrogen and oxygen atoms in total. The van der Waals surface area contributed by atoms with Crippen LogP contribution in [0.3, 0.4) is 0 Å². The number of alkyl halides is 4. The van der Waals surface area contributed by atoms with Crippen molar-refractivity contribution in [2.24, 2.45) is 0 Å². The average molecular weight is 340 g/mol. The Labute approximate surface area is 119 Å². The molecule has 0 aromatic heterocycles. The zero-order valence-electron chi connectivity index (χ0n) is 10.7. The summed E-state index contributed by atoms with van der Waals surface area (Å²) in [5.41, 5.74) is 0.976. The summed E-state index contributed by atoms with van der Waals surface area (Å²) < 4.78 is 39.9. The van der Waals surface area contributed by atoms with E-state index >= 15 is 0 Å². The van der Waals surface area contributed by atoms with Gasteiger partial charge in [0.1, 0.15) is 5.75 Å². The van der Waals surface area contributed by atoms with Gasteiger partial charge in [-0.25, -0.2) is 0 Å². The molecule has 0 fully saturated rings. The molecule has 0 saturated carbocycles. The van der Waals surface area contributed by atoms with Gasteiger partial charge in [-0.15, -0.1) is 13.2 Å².